The molecule has 2 N–H and O–H groups in total. The van der Waals surface area contributed by atoms with E-state index in [1.165, 1.54) is 43.6 Å². The van der Waals surface area contributed by atoms with Crippen LogP contribution in [0.15, 0.2) is 48.7 Å². The summed E-state index contributed by atoms with van der Waals surface area (Å²) in [6.07, 6.45) is 2.07. The minimum atomic E-state index is -0.734. The van der Waals surface area contributed by atoms with Gasteiger partial charge >= 0.3 is 0 Å². The van der Waals surface area contributed by atoms with Crippen molar-refractivity contribution in [1.29, 1.82) is 5.41 Å². The molecule has 0 unspecified atom stereocenters. The Kier molecular flexibility index (Phi) is 7.33. The minimum absolute atomic E-state index is 0.0936. The van der Waals surface area contributed by atoms with Gasteiger partial charge in [-0.05, 0) is 42.8 Å². The molecular weight excluding hydrogens is 494 g/mol. The van der Waals surface area contributed by atoms with Crippen molar-refractivity contribution in [2.75, 3.05) is 25.5 Å². The molecule has 3 aromatic rings. The Bertz CT molecular complexity index is 1310. The van der Waals surface area contributed by atoms with E-state index in [2.05, 4.69) is 10.3 Å². The van der Waals surface area contributed by atoms with Crippen LogP contribution < -0.4 is 10.1 Å². The number of rotatable bonds is 7. The molecule has 1 amide bonds. The summed E-state index contributed by atoms with van der Waals surface area (Å²) in [6.45, 7) is 1.52. The van der Waals surface area contributed by atoms with Crippen LogP contribution in [-0.4, -0.2) is 47.6 Å². The number of ether oxygens (including phenoxy) is 1. The largest absolute Gasteiger partial charge is 0.496 e. The average Bonchev–Trinajstić information content (AvgIpc) is 2.79. The number of likely N-dealkylation sites (tertiary alicyclic amines) is 1. The van der Waals surface area contributed by atoms with E-state index in [0.717, 1.165) is 19.5 Å². The number of nitrogens with one attached hydrogen (secondary N) is 2. The molecule has 180 valence electrons. The molecule has 2 heterocycles. The highest BCUT2D eigenvalue weighted by Gasteiger charge is 2.24. The number of benzene rings is 2. The van der Waals surface area contributed by atoms with E-state index in [0.29, 0.717) is 10.6 Å². The average molecular weight is 515 g/mol. The lowest BCUT2D eigenvalue weighted by molar-refractivity contribution is 0.0987. The number of pyridine rings is 1. The fraction of sp³-hybridized carbons (Fsp3) is 0.200. The first-order valence-corrected chi connectivity index (χ1v) is 11.5. The summed E-state index contributed by atoms with van der Waals surface area (Å²) in [5.74, 6) is -1.16. The van der Waals surface area contributed by atoms with Gasteiger partial charge in [0.2, 0.25) is 0 Å². The number of ketones is 1. The monoisotopic (exact) mass is 514 g/mol. The first-order chi connectivity index (χ1) is 16.8. The highest BCUT2D eigenvalue weighted by atomic mass is 35.5. The van der Waals surface area contributed by atoms with E-state index in [1.807, 2.05) is 4.90 Å². The van der Waals surface area contributed by atoms with Gasteiger partial charge in [0.1, 0.15) is 23.2 Å². The maximum Gasteiger partial charge on any atom is 0.257 e. The number of aromatic nitrogens is 1. The number of hydrogen-bond donors (Lipinski definition) is 2. The standard InChI is InChI=1S/C25H21Cl2FN4O3/c1-35-22-11-16(27)10-19(25(34)31-23-6-4-15(26)13-30-23)18(22)12-21(33)17-5-3-14(9-20(17)28)24(29)32-7-2-8-32/h3-6,9-11,13,29H,2,7-8,12H2,1H3,(H,30,31,34). The summed E-state index contributed by atoms with van der Waals surface area (Å²) in [4.78, 5) is 32.0. The SMILES string of the molecule is COc1cc(Cl)cc(C(=O)Nc2ccc(Cl)cn2)c1CC(=O)c1ccc(C(=N)N2CCC2)cc1F. The van der Waals surface area contributed by atoms with Crippen LogP contribution in [0, 0.1) is 11.2 Å². The van der Waals surface area contributed by atoms with Gasteiger partial charge in [0.05, 0.1) is 17.7 Å². The van der Waals surface area contributed by atoms with Gasteiger partial charge in [0, 0.05) is 47.4 Å². The fourth-order valence-electron chi connectivity index (χ4n) is 3.68. The van der Waals surface area contributed by atoms with Crippen molar-refractivity contribution >= 4 is 46.5 Å². The van der Waals surface area contributed by atoms with Crippen molar-refractivity contribution in [2.24, 2.45) is 0 Å². The number of nitrogens with zero attached hydrogens (tertiary/aromatic N) is 2. The molecule has 0 saturated carbocycles. The van der Waals surface area contributed by atoms with E-state index in [-0.39, 0.29) is 45.5 Å². The third-order valence-electron chi connectivity index (χ3n) is 5.66. The van der Waals surface area contributed by atoms with E-state index < -0.39 is 17.5 Å². The molecule has 0 aliphatic carbocycles. The van der Waals surface area contributed by atoms with Crippen LogP contribution in [0.3, 0.4) is 0 Å². The van der Waals surface area contributed by atoms with Crippen LogP contribution >= 0.6 is 23.2 Å². The molecule has 1 saturated heterocycles. The molecule has 35 heavy (non-hydrogen) atoms. The zero-order valence-corrected chi connectivity index (χ0v) is 20.2. The number of anilines is 1. The molecule has 4 rings (SSSR count). The molecule has 2 aromatic carbocycles. The first-order valence-electron chi connectivity index (χ1n) is 10.7. The maximum absolute atomic E-state index is 14.9. The van der Waals surface area contributed by atoms with Crippen LogP contribution in [0.2, 0.25) is 10.0 Å². The number of methoxy groups -OCH3 is 1. The van der Waals surface area contributed by atoms with Gasteiger partial charge in [-0.2, -0.15) is 0 Å². The smallest absolute Gasteiger partial charge is 0.257 e. The van der Waals surface area contributed by atoms with Crippen molar-refractivity contribution in [3.8, 4) is 5.75 Å². The van der Waals surface area contributed by atoms with Gasteiger partial charge in [-0.3, -0.25) is 15.0 Å². The maximum atomic E-state index is 14.9. The highest BCUT2D eigenvalue weighted by molar-refractivity contribution is 6.31. The topological polar surface area (TPSA) is 95.4 Å². The highest BCUT2D eigenvalue weighted by Crippen LogP contribution is 2.30. The normalized spacial score (nSPS) is 12.6. The Morgan fingerprint density at radius 3 is 2.49 bits per heavy atom. The molecule has 0 atom stereocenters. The van der Waals surface area contributed by atoms with Gasteiger partial charge in [-0.15, -0.1) is 0 Å². The molecule has 1 aliphatic rings. The van der Waals surface area contributed by atoms with Crippen LogP contribution in [0.5, 0.6) is 5.75 Å². The number of amidine groups is 1. The number of hydrogen-bond acceptors (Lipinski definition) is 5. The van der Waals surface area contributed by atoms with Crippen LogP contribution in [0.1, 0.15) is 38.3 Å². The summed E-state index contributed by atoms with van der Waals surface area (Å²) < 4.78 is 20.3. The van der Waals surface area contributed by atoms with E-state index >= 15 is 0 Å². The third kappa shape index (κ3) is 5.44. The second kappa shape index (κ2) is 10.4. The van der Waals surface area contributed by atoms with Gasteiger partial charge in [-0.25, -0.2) is 9.37 Å². The van der Waals surface area contributed by atoms with Crippen molar-refractivity contribution in [3.63, 3.8) is 0 Å². The Hall–Kier alpha value is -3.49. The van der Waals surface area contributed by atoms with Gasteiger partial charge < -0.3 is 15.0 Å². The molecule has 10 heteroatoms. The van der Waals surface area contributed by atoms with Gasteiger partial charge in [-0.1, -0.05) is 29.3 Å². The van der Waals surface area contributed by atoms with Crippen LogP contribution in [-0.2, 0) is 6.42 Å². The van der Waals surface area contributed by atoms with E-state index in [4.69, 9.17) is 33.3 Å². The second-order valence-electron chi connectivity index (χ2n) is 7.93. The molecule has 0 radical (unpaired) electrons. The lowest BCUT2D eigenvalue weighted by atomic mass is 9.96. The Labute approximate surface area is 211 Å². The summed E-state index contributed by atoms with van der Waals surface area (Å²) in [5.41, 5.74) is 0.604. The van der Waals surface area contributed by atoms with Crippen LogP contribution in [0.4, 0.5) is 10.2 Å². The Balaban J connectivity index is 1.61. The lowest BCUT2D eigenvalue weighted by Crippen LogP contribution is -2.42. The molecule has 0 spiro atoms. The minimum Gasteiger partial charge on any atom is -0.496 e. The van der Waals surface area contributed by atoms with Crippen molar-refractivity contribution in [2.45, 2.75) is 12.8 Å². The third-order valence-corrected chi connectivity index (χ3v) is 6.10. The quantitative estimate of drug-likeness (QED) is 0.255. The number of carbonyl (C=O) groups excluding carboxylic acids is 2. The van der Waals surface area contributed by atoms with E-state index in [9.17, 15) is 14.0 Å². The fourth-order valence-corrected chi connectivity index (χ4v) is 4.00. The van der Waals surface area contributed by atoms with E-state index in [1.54, 1.807) is 12.1 Å². The second-order valence-corrected chi connectivity index (χ2v) is 8.81. The summed E-state index contributed by atoms with van der Waals surface area (Å²) in [7, 11) is 1.39. The predicted octanol–water partition coefficient (Wildman–Crippen LogP) is 5.24. The number of halogens is 3. The molecule has 1 aromatic heterocycles. The molecule has 1 aliphatic heterocycles. The summed E-state index contributed by atoms with van der Waals surface area (Å²) >= 11 is 12.0. The number of Topliss-reactive ketones (excluding diaryl/α,β-unsaturated/α-hetero) is 1. The lowest BCUT2D eigenvalue weighted by Gasteiger charge is -2.33. The first kappa shape index (κ1) is 24.6. The zero-order chi connectivity index (χ0) is 25.1. The number of amides is 1. The Morgan fingerprint density at radius 2 is 1.89 bits per heavy atom. The number of carbonyl (C=O) groups is 2. The Morgan fingerprint density at radius 1 is 1.11 bits per heavy atom. The zero-order valence-electron chi connectivity index (χ0n) is 18.7. The summed E-state index contributed by atoms with van der Waals surface area (Å²) in [5, 5.41) is 11.5. The van der Waals surface area contributed by atoms with Crippen molar-refractivity contribution < 1.29 is 18.7 Å². The van der Waals surface area contributed by atoms with Crippen molar-refractivity contribution in [1.82, 2.24) is 9.88 Å². The molecule has 1 fully saturated rings. The van der Waals surface area contributed by atoms with Gasteiger partial charge in [0.15, 0.2) is 5.78 Å². The molecule has 0 bridgehead atoms. The molecule has 7 nitrogen and oxygen atoms in total. The molecular formula is C25H21Cl2FN4O3. The van der Waals surface area contributed by atoms with Crippen LogP contribution in [0.25, 0.3) is 0 Å². The summed E-state index contributed by atoms with van der Waals surface area (Å²) in [6, 6.07) is 10.1. The predicted molar refractivity (Wildman–Crippen MR) is 133 cm³/mol. The van der Waals surface area contributed by atoms with Crippen molar-refractivity contribution in [3.05, 3.63) is 86.8 Å². The van der Waals surface area contributed by atoms with Gasteiger partial charge in [0.25, 0.3) is 5.91 Å².